The summed E-state index contributed by atoms with van der Waals surface area (Å²) in [5, 5.41) is 0.0118. The van der Waals surface area contributed by atoms with Crippen LogP contribution in [0.4, 0.5) is 4.39 Å². The van der Waals surface area contributed by atoms with Gasteiger partial charge in [0.15, 0.2) is 0 Å². The van der Waals surface area contributed by atoms with Crippen molar-refractivity contribution in [3.63, 3.8) is 0 Å². The summed E-state index contributed by atoms with van der Waals surface area (Å²) in [6.07, 6.45) is 1.52. The van der Waals surface area contributed by atoms with Crippen LogP contribution < -0.4 is 0 Å². The summed E-state index contributed by atoms with van der Waals surface area (Å²) < 4.78 is 23.4. The third-order valence-electron chi connectivity index (χ3n) is 1.22. The van der Waals surface area contributed by atoms with Gasteiger partial charge >= 0.3 is 0 Å². The predicted molar refractivity (Wildman–Crippen MR) is 55.1 cm³/mol. The van der Waals surface area contributed by atoms with Gasteiger partial charge in [0.2, 0.25) is 0 Å². The Kier molecular flexibility index (Phi) is 5.91. The van der Waals surface area contributed by atoms with Gasteiger partial charge in [0, 0.05) is 22.0 Å². The van der Waals surface area contributed by atoms with E-state index in [1.165, 1.54) is 24.5 Å². The molecule has 0 aromatic heterocycles. The summed E-state index contributed by atoms with van der Waals surface area (Å²) in [5.74, 6) is -0.485. The van der Waals surface area contributed by atoms with Crippen LogP contribution in [0, 0.1) is 5.82 Å². The van der Waals surface area contributed by atoms with Crippen molar-refractivity contribution < 1.29 is 8.60 Å². The zero-order chi connectivity index (χ0) is 10.4. The Balaban J connectivity index is 0.000000671. The maximum atomic E-state index is 12.5. The zero-order valence-corrected chi connectivity index (χ0v) is 9.38. The van der Waals surface area contributed by atoms with Gasteiger partial charge in [0.05, 0.1) is 5.02 Å². The summed E-state index contributed by atoms with van der Waals surface area (Å²) in [6, 6.07) is 4.03. The molecule has 0 saturated carbocycles. The van der Waals surface area contributed by atoms with Gasteiger partial charge in [-0.2, -0.15) is 0 Å². The average molecular weight is 223 g/mol. The Bertz CT molecular complexity index is 302. The lowest BCUT2D eigenvalue weighted by atomic mass is 10.3. The minimum absolute atomic E-state index is 0.0118. The highest BCUT2D eigenvalue weighted by atomic mass is 35.5. The van der Waals surface area contributed by atoms with Crippen LogP contribution in [0.25, 0.3) is 0 Å². The molecule has 1 aromatic rings. The Hall–Kier alpha value is -0.410. The van der Waals surface area contributed by atoms with Crippen LogP contribution in [0.3, 0.4) is 0 Å². The number of halogens is 2. The molecule has 13 heavy (non-hydrogen) atoms. The van der Waals surface area contributed by atoms with Crippen molar-refractivity contribution >= 4 is 22.4 Å². The summed E-state index contributed by atoms with van der Waals surface area (Å²) in [4.78, 5) is 0.538. The van der Waals surface area contributed by atoms with Gasteiger partial charge in [0.1, 0.15) is 5.82 Å². The molecule has 1 unspecified atom stereocenters. The third kappa shape index (κ3) is 3.87. The lowest BCUT2D eigenvalue weighted by Crippen LogP contribution is -1.87. The zero-order valence-electron chi connectivity index (χ0n) is 7.80. The molecule has 0 N–H and O–H groups in total. The van der Waals surface area contributed by atoms with Crippen molar-refractivity contribution in [3.8, 4) is 0 Å². The molecule has 1 nitrogen and oxygen atoms in total. The average Bonchev–Trinajstić information content (AvgIpc) is 2.13. The molecule has 0 aliphatic heterocycles. The SMILES string of the molecule is CC.CS(=O)c1ccc(F)c(Cl)c1. The molecule has 4 heteroatoms. The van der Waals surface area contributed by atoms with E-state index in [0.29, 0.717) is 4.90 Å². The number of hydrogen-bond donors (Lipinski definition) is 0. The Morgan fingerprint density at radius 2 is 1.92 bits per heavy atom. The van der Waals surface area contributed by atoms with Crippen molar-refractivity contribution in [1.29, 1.82) is 0 Å². The van der Waals surface area contributed by atoms with E-state index in [0.717, 1.165) is 0 Å². The number of hydrogen-bond acceptors (Lipinski definition) is 1. The van der Waals surface area contributed by atoms with Crippen LogP contribution >= 0.6 is 11.6 Å². The smallest absolute Gasteiger partial charge is 0.141 e. The van der Waals surface area contributed by atoms with Crippen molar-refractivity contribution in [2.75, 3.05) is 6.26 Å². The second kappa shape index (κ2) is 6.11. The van der Waals surface area contributed by atoms with E-state index >= 15 is 0 Å². The maximum Gasteiger partial charge on any atom is 0.141 e. The number of rotatable bonds is 1. The van der Waals surface area contributed by atoms with Crippen molar-refractivity contribution in [2.24, 2.45) is 0 Å². The molecular weight excluding hydrogens is 211 g/mol. The molecule has 1 atom stereocenters. The largest absolute Gasteiger partial charge is 0.255 e. The Morgan fingerprint density at radius 3 is 2.31 bits per heavy atom. The molecule has 0 aliphatic rings. The molecule has 0 amide bonds. The van der Waals surface area contributed by atoms with Gasteiger partial charge < -0.3 is 0 Å². The van der Waals surface area contributed by atoms with E-state index in [9.17, 15) is 8.60 Å². The van der Waals surface area contributed by atoms with Crippen LogP contribution in [-0.2, 0) is 10.8 Å². The summed E-state index contributed by atoms with van der Waals surface area (Å²) in [6.45, 7) is 4.00. The normalized spacial score (nSPS) is 11.5. The number of benzene rings is 1. The van der Waals surface area contributed by atoms with Crippen molar-refractivity contribution in [2.45, 2.75) is 18.7 Å². The second-order valence-electron chi connectivity index (χ2n) is 2.03. The summed E-state index contributed by atoms with van der Waals surface area (Å²) >= 11 is 5.45. The van der Waals surface area contributed by atoms with Gasteiger partial charge in [-0.15, -0.1) is 0 Å². The molecule has 0 heterocycles. The molecule has 0 radical (unpaired) electrons. The lowest BCUT2D eigenvalue weighted by Gasteiger charge is -1.96. The summed E-state index contributed by atoms with van der Waals surface area (Å²) in [5.41, 5.74) is 0. The molecule has 0 aliphatic carbocycles. The fourth-order valence-electron chi connectivity index (χ4n) is 0.656. The first-order chi connectivity index (χ1) is 6.11. The van der Waals surface area contributed by atoms with Gasteiger partial charge in [0.25, 0.3) is 0 Å². The van der Waals surface area contributed by atoms with Crippen LogP contribution in [-0.4, -0.2) is 10.5 Å². The maximum absolute atomic E-state index is 12.5. The highest BCUT2D eigenvalue weighted by Gasteiger charge is 2.02. The van der Waals surface area contributed by atoms with Crippen molar-refractivity contribution in [1.82, 2.24) is 0 Å². The second-order valence-corrected chi connectivity index (χ2v) is 3.82. The van der Waals surface area contributed by atoms with Crippen LogP contribution in [0.15, 0.2) is 23.1 Å². The minimum Gasteiger partial charge on any atom is -0.255 e. The van der Waals surface area contributed by atoms with E-state index in [-0.39, 0.29) is 5.02 Å². The highest BCUT2D eigenvalue weighted by molar-refractivity contribution is 7.84. The summed E-state index contributed by atoms with van der Waals surface area (Å²) in [7, 11) is -1.10. The standard InChI is InChI=1S/C7H6ClFOS.C2H6/c1-11(10)5-2-3-7(9)6(8)4-5;1-2/h2-4H,1H3;1-2H3. The quantitative estimate of drug-likeness (QED) is 0.713. The highest BCUT2D eigenvalue weighted by Crippen LogP contribution is 2.17. The first-order valence-corrected chi connectivity index (χ1v) is 5.83. The third-order valence-corrected chi connectivity index (χ3v) is 2.43. The van der Waals surface area contributed by atoms with Gasteiger partial charge in [-0.05, 0) is 18.2 Å². The fourth-order valence-corrected chi connectivity index (χ4v) is 1.44. The van der Waals surface area contributed by atoms with Crippen LogP contribution in [0.5, 0.6) is 0 Å². The molecule has 0 spiro atoms. The van der Waals surface area contributed by atoms with Gasteiger partial charge in [-0.1, -0.05) is 25.4 Å². The van der Waals surface area contributed by atoms with E-state index < -0.39 is 16.6 Å². The van der Waals surface area contributed by atoms with Crippen LogP contribution in [0.1, 0.15) is 13.8 Å². The minimum atomic E-state index is -1.10. The molecule has 0 fully saturated rings. The van der Waals surface area contributed by atoms with E-state index in [1.807, 2.05) is 13.8 Å². The molecule has 0 bridgehead atoms. The van der Waals surface area contributed by atoms with Crippen molar-refractivity contribution in [3.05, 3.63) is 29.0 Å². The van der Waals surface area contributed by atoms with E-state index in [4.69, 9.17) is 11.6 Å². The Morgan fingerprint density at radius 1 is 1.38 bits per heavy atom. The van der Waals surface area contributed by atoms with E-state index in [2.05, 4.69) is 0 Å². The first kappa shape index (κ1) is 12.6. The topological polar surface area (TPSA) is 17.1 Å². The van der Waals surface area contributed by atoms with Crippen LogP contribution in [0.2, 0.25) is 5.02 Å². The monoisotopic (exact) mass is 222 g/mol. The molecule has 1 rings (SSSR count). The molecular formula is C9H12ClFOS. The first-order valence-electron chi connectivity index (χ1n) is 3.90. The lowest BCUT2D eigenvalue weighted by molar-refractivity contribution is 0.626. The van der Waals surface area contributed by atoms with Gasteiger partial charge in [-0.3, -0.25) is 4.21 Å². The molecule has 1 aromatic carbocycles. The van der Waals surface area contributed by atoms with Gasteiger partial charge in [-0.25, -0.2) is 4.39 Å². The predicted octanol–water partition coefficient (Wildman–Crippen LogP) is 3.24. The fraction of sp³-hybridized carbons (Fsp3) is 0.333. The Labute approximate surface area is 85.4 Å². The van der Waals surface area contributed by atoms with E-state index in [1.54, 1.807) is 0 Å². The molecule has 74 valence electrons. The molecule has 0 saturated heterocycles.